The average molecular weight is 599 g/mol. The van der Waals surface area contributed by atoms with Gasteiger partial charge in [-0.3, -0.25) is 0 Å². The van der Waals surface area contributed by atoms with Crippen molar-refractivity contribution in [2.24, 2.45) is 0 Å². The molecule has 3 aromatic heterocycles. The SMILES string of the molecule is c1ccc(-n2c3ccccc3c3c4c5ccc6oc7ccccc7c6c5n(-c5cc6ccccc6c6ccccc56)c4ccc32)cc1. The summed E-state index contributed by atoms with van der Waals surface area (Å²) in [6, 6.07) is 57.0. The molecule has 3 nitrogen and oxygen atoms in total. The highest BCUT2D eigenvalue weighted by atomic mass is 16.3. The molecular weight excluding hydrogens is 572 g/mol. The van der Waals surface area contributed by atoms with Gasteiger partial charge in [0.2, 0.25) is 0 Å². The van der Waals surface area contributed by atoms with Crippen LogP contribution in [-0.4, -0.2) is 9.13 Å². The number of fused-ring (bicyclic) bond motifs is 14. The Bertz CT molecular complexity index is 3070. The van der Waals surface area contributed by atoms with Gasteiger partial charge in [0, 0.05) is 38.0 Å². The molecule has 8 aromatic carbocycles. The average Bonchev–Trinajstić information content (AvgIpc) is 3.79. The van der Waals surface area contributed by atoms with Gasteiger partial charge in [-0.05, 0) is 70.8 Å². The Labute approximate surface area is 269 Å². The molecule has 0 amide bonds. The third kappa shape index (κ3) is 3.25. The van der Waals surface area contributed by atoms with Crippen LogP contribution in [0.4, 0.5) is 0 Å². The molecule has 11 rings (SSSR count). The van der Waals surface area contributed by atoms with E-state index in [4.69, 9.17) is 4.42 Å². The maximum atomic E-state index is 6.51. The van der Waals surface area contributed by atoms with Crippen molar-refractivity contribution in [3.63, 3.8) is 0 Å². The summed E-state index contributed by atoms with van der Waals surface area (Å²) in [6.07, 6.45) is 0. The van der Waals surface area contributed by atoms with Gasteiger partial charge in [0.15, 0.2) is 0 Å². The third-order valence-electron chi connectivity index (χ3n) is 10.1. The number of hydrogen-bond donors (Lipinski definition) is 0. The lowest BCUT2D eigenvalue weighted by Crippen LogP contribution is -1.97. The second-order valence-corrected chi connectivity index (χ2v) is 12.5. The number of furan rings is 1. The van der Waals surface area contributed by atoms with Crippen LogP contribution in [0.5, 0.6) is 0 Å². The standard InChI is InChI=1S/C44H26N2O/c1-2-13-28(14-3-1)45-35-20-10-8-18-32(35)41-36(45)23-24-37-42(41)34-22-25-40-43(33-19-9-11-21-39(33)47-40)44(34)46(37)38-26-27-12-4-5-15-29(27)30-16-6-7-17-31(30)38/h1-26H. The predicted molar refractivity (Wildman–Crippen MR) is 197 cm³/mol. The van der Waals surface area contributed by atoms with Crippen molar-refractivity contribution >= 4 is 87.1 Å². The largest absolute Gasteiger partial charge is 0.456 e. The van der Waals surface area contributed by atoms with Crippen molar-refractivity contribution < 1.29 is 4.42 Å². The molecule has 0 bridgehead atoms. The van der Waals surface area contributed by atoms with Gasteiger partial charge < -0.3 is 13.6 Å². The number of rotatable bonds is 2. The smallest absolute Gasteiger partial charge is 0.137 e. The van der Waals surface area contributed by atoms with Crippen molar-refractivity contribution in [2.75, 3.05) is 0 Å². The van der Waals surface area contributed by atoms with Crippen LogP contribution >= 0.6 is 0 Å². The molecule has 11 aromatic rings. The van der Waals surface area contributed by atoms with Crippen LogP contribution in [0.2, 0.25) is 0 Å². The van der Waals surface area contributed by atoms with E-state index >= 15 is 0 Å². The predicted octanol–water partition coefficient (Wildman–Crippen LogP) is 12.1. The second-order valence-electron chi connectivity index (χ2n) is 12.5. The first-order valence-corrected chi connectivity index (χ1v) is 16.1. The molecule has 0 spiro atoms. The maximum absolute atomic E-state index is 6.51. The Morgan fingerprint density at radius 1 is 0.362 bits per heavy atom. The summed E-state index contributed by atoms with van der Waals surface area (Å²) in [6.45, 7) is 0. The van der Waals surface area contributed by atoms with Crippen LogP contribution in [0.1, 0.15) is 0 Å². The summed E-state index contributed by atoms with van der Waals surface area (Å²) in [7, 11) is 0. The molecule has 47 heavy (non-hydrogen) atoms. The third-order valence-corrected chi connectivity index (χ3v) is 10.1. The van der Waals surface area contributed by atoms with Crippen LogP contribution in [0.25, 0.3) is 98.5 Å². The van der Waals surface area contributed by atoms with Crippen LogP contribution < -0.4 is 0 Å². The zero-order valence-corrected chi connectivity index (χ0v) is 25.3. The first-order chi connectivity index (χ1) is 23.3. The number of para-hydroxylation sites is 3. The molecule has 0 N–H and O–H groups in total. The van der Waals surface area contributed by atoms with Gasteiger partial charge in [-0.2, -0.15) is 0 Å². The Balaban J connectivity index is 1.43. The molecule has 0 fully saturated rings. The number of hydrogen-bond acceptors (Lipinski definition) is 1. The normalized spacial score (nSPS) is 12.3. The maximum Gasteiger partial charge on any atom is 0.137 e. The molecule has 0 aliphatic rings. The van der Waals surface area contributed by atoms with E-state index in [1.165, 1.54) is 70.8 Å². The van der Waals surface area contributed by atoms with E-state index in [-0.39, 0.29) is 0 Å². The Hall–Kier alpha value is -6.32. The van der Waals surface area contributed by atoms with Crippen LogP contribution in [0, 0.1) is 0 Å². The quantitative estimate of drug-likeness (QED) is 0.182. The van der Waals surface area contributed by atoms with Crippen molar-refractivity contribution in [3.8, 4) is 11.4 Å². The topological polar surface area (TPSA) is 23.0 Å². The summed E-state index contributed by atoms with van der Waals surface area (Å²) in [5, 5.41) is 12.2. The molecule has 0 atom stereocenters. The molecule has 0 radical (unpaired) electrons. The van der Waals surface area contributed by atoms with Gasteiger partial charge in [-0.25, -0.2) is 0 Å². The van der Waals surface area contributed by atoms with Gasteiger partial charge in [0.1, 0.15) is 11.2 Å². The van der Waals surface area contributed by atoms with Crippen molar-refractivity contribution in [1.29, 1.82) is 0 Å². The minimum Gasteiger partial charge on any atom is -0.456 e. The fourth-order valence-electron chi connectivity index (χ4n) is 8.19. The fraction of sp³-hybridized carbons (Fsp3) is 0. The number of nitrogens with zero attached hydrogens (tertiary/aromatic N) is 2. The van der Waals surface area contributed by atoms with Crippen LogP contribution in [-0.2, 0) is 0 Å². The fourth-order valence-corrected chi connectivity index (χ4v) is 8.19. The molecule has 0 aliphatic carbocycles. The van der Waals surface area contributed by atoms with Crippen molar-refractivity contribution in [3.05, 3.63) is 158 Å². The molecule has 3 heteroatoms. The van der Waals surface area contributed by atoms with E-state index in [1.807, 2.05) is 0 Å². The van der Waals surface area contributed by atoms with E-state index in [1.54, 1.807) is 0 Å². The van der Waals surface area contributed by atoms with E-state index < -0.39 is 0 Å². The lowest BCUT2D eigenvalue weighted by Gasteiger charge is -2.15. The molecule has 3 heterocycles. The van der Waals surface area contributed by atoms with Gasteiger partial charge in [-0.15, -0.1) is 0 Å². The summed E-state index contributed by atoms with van der Waals surface area (Å²) in [4.78, 5) is 0. The van der Waals surface area contributed by atoms with E-state index in [9.17, 15) is 0 Å². The lowest BCUT2D eigenvalue weighted by atomic mass is 10.00. The van der Waals surface area contributed by atoms with Crippen molar-refractivity contribution in [2.45, 2.75) is 0 Å². The monoisotopic (exact) mass is 598 g/mol. The Morgan fingerprint density at radius 3 is 1.85 bits per heavy atom. The molecular formula is C44H26N2O. The zero-order chi connectivity index (χ0) is 30.6. The van der Waals surface area contributed by atoms with Gasteiger partial charge in [0.05, 0.1) is 33.1 Å². The molecule has 0 aliphatic heterocycles. The Kier molecular flexibility index (Phi) is 4.84. The molecule has 0 saturated carbocycles. The molecule has 0 saturated heterocycles. The number of aromatic nitrogens is 2. The Morgan fingerprint density at radius 2 is 1.00 bits per heavy atom. The zero-order valence-electron chi connectivity index (χ0n) is 25.3. The highest BCUT2D eigenvalue weighted by Gasteiger charge is 2.24. The van der Waals surface area contributed by atoms with Crippen LogP contribution in [0.3, 0.4) is 0 Å². The van der Waals surface area contributed by atoms with E-state index in [0.29, 0.717) is 0 Å². The number of benzene rings is 8. The second kappa shape index (κ2) is 9.12. The minimum absolute atomic E-state index is 0.899. The molecule has 0 unspecified atom stereocenters. The minimum atomic E-state index is 0.899. The molecule has 218 valence electrons. The van der Waals surface area contributed by atoms with Crippen LogP contribution in [0.15, 0.2) is 162 Å². The van der Waals surface area contributed by atoms with E-state index in [2.05, 4.69) is 167 Å². The highest BCUT2D eigenvalue weighted by Crippen LogP contribution is 2.47. The first-order valence-electron chi connectivity index (χ1n) is 16.1. The first kappa shape index (κ1) is 24.9. The highest BCUT2D eigenvalue weighted by molar-refractivity contribution is 6.33. The summed E-state index contributed by atoms with van der Waals surface area (Å²) in [5.41, 5.74) is 8.89. The van der Waals surface area contributed by atoms with Gasteiger partial charge in [0.25, 0.3) is 0 Å². The summed E-state index contributed by atoms with van der Waals surface area (Å²) < 4.78 is 11.4. The van der Waals surface area contributed by atoms with Gasteiger partial charge in [-0.1, -0.05) is 103 Å². The van der Waals surface area contributed by atoms with Crippen molar-refractivity contribution in [1.82, 2.24) is 9.13 Å². The summed E-state index contributed by atoms with van der Waals surface area (Å²) >= 11 is 0. The summed E-state index contributed by atoms with van der Waals surface area (Å²) in [5.74, 6) is 0. The lowest BCUT2D eigenvalue weighted by molar-refractivity contribution is 0.669. The van der Waals surface area contributed by atoms with E-state index in [0.717, 1.165) is 27.6 Å². The van der Waals surface area contributed by atoms with Gasteiger partial charge >= 0.3 is 0 Å².